The van der Waals surface area contributed by atoms with Crippen LogP contribution in [0.3, 0.4) is 0 Å². The summed E-state index contributed by atoms with van der Waals surface area (Å²) in [4.78, 5) is 0. The van der Waals surface area contributed by atoms with Gasteiger partial charge >= 0.3 is 0 Å². The lowest BCUT2D eigenvalue weighted by Crippen LogP contribution is -2.32. The minimum atomic E-state index is 0.497. The monoisotopic (exact) mass is 293 g/mol. The van der Waals surface area contributed by atoms with E-state index in [9.17, 15) is 0 Å². The Morgan fingerprint density at radius 2 is 1.85 bits per heavy atom. The second-order valence-electron chi connectivity index (χ2n) is 6.99. The van der Waals surface area contributed by atoms with Crippen molar-refractivity contribution in [2.24, 2.45) is 11.3 Å². The molecule has 0 radical (unpaired) electrons. The van der Waals surface area contributed by atoms with Crippen LogP contribution in [0.15, 0.2) is 18.2 Å². The largest absolute Gasteiger partial charge is 0.382 e. The van der Waals surface area contributed by atoms with Gasteiger partial charge in [-0.1, -0.05) is 44.9 Å². The topological polar surface area (TPSA) is 12.0 Å². The van der Waals surface area contributed by atoms with Crippen molar-refractivity contribution >= 4 is 17.3 Å². The molecule has 112 valence electrons. The summed E-state index contributed by atoms with van der Waals surface area (Å²) >= 11 is 6.10. The fourth-order valence-electron chi connectivity index (χ4n) is 3.28. The van der Waals surface area contributed by atoms with E-state index >= 15 is 0 Å². The Balaban J connectivity index is 1.93. The van der Waals surface area contributed by atoms with Crippen LogP contribution in [-0.2, 0) is 0 Å². The molecule has 1 nitrogen and oxygen atoms in total. The van der Waals surface area contributed by atoms with Gasteiger partial charge in [-0.15, -0.1) is 0 Å². The summed E-state index contributed by atoms with van der Waals surface area (Å²) in [5, 5.41) is 4.51. The van der Waals surface area contributed by atoms with E-state index in [-0.39, 0.29) is 0 Å². The highest BCUT2D eigenvalue weighted by Crippen LogP contribution is 2.41. The van der Waals surface area contributed by atoms with Gasteiger partial charge in [0.15, 0.2) is 0 Å². The van der Waals surface area contributed by atoms with Crippen LogP contribution < -0.4 is 5.32 Å². The zero-order valence-electron chi connectivity index (χ0n) is 13.3. The molecule has 0 unspecified atom stereocenters. The van der Waals surface area contributed by atoms with Gasteiger partial charge in [-0.2, -0.15) is 0 Å². The maximum absolute atomic E-state index is 6.10. The molecule has 2 heteroatoms. The summed E-state index contributed by atoms with van der Waals surface area (Å²) in [5.41, 5.74) is 2.98. The van der Waals surface area contributed by atoms with Gasteiger partial charge in [-0.25, -0.2) is 0 Å². The molecule has 0 aliphatic heterocycles. The van der Waals surface area contributed by atoms with E-state index < -0.39 is 0 Å². The van der Waals surface area contributed by atoms with Crippen molar-refractivity contribution in [1.29, 1.82) is 0 Å². The van der Waals surface area contributed by atoms with E-state index in [1.807, 2.05) is 6.07 Å². The van der Waals surface area contributed by atoms with Crippen LogP contribution in [0.4, 0.5) is 5.69 Å². The van der Waals surface area contributed by atoms with Crippen LogP contribution in [-0.4, -0.2) is 6.04 Å². The molecule has 0 atom stereocenters. The fourth-order valence-corrected chi connectivity index (χ4v) is 3.45. The number of benzene rings is 1. The predicted octanol–water partition coefficient (Wildman–Crippen LogP) is 6.06. The Kier molecular flexibility index (Phi) is 5.01. The van der Waals surface area contributed by atoms with Crippen molar-refractivity contribution in [2.75, 3.05) is 5.32 Å². The van der Waals surface area contributed by atoms with E-state index in [1.54, 1.807) is 0 Å². The van der Waals surface area contributed by atoms with Crippen molar-refractivity contribution in [2.45, 2.75) is 65.8 Å². The highest BCUT2D eigenvalue weighted by molar-refractivity contribution is 6.30. The van der Waals surface area contributed by atoms with Crippen molar-refractivity contribution in [3.05, 3.63) is 28.8 Å². The highest BCUT2D eigenvalue weighted by atomic mass is 35.5. The average molecular weight is 294 g/mol. The Morgan fingerprint density at radius 1 is 1.20 bits per heavy atom. The molecule has 2 rings (SSSR count). The molecule has 0 amide bonds. The van der Waals surface area contributed by atoms with Crippen LogP contribution in [0.25, 0.3) is 0 Å². The molecule has 1 N–H and O–H groups in total. The first-order valence-electron chi connectivity index (χ1n) is 7.95. The summed E-state index contributed by atoms with van der Waals surface area (Å²) in [5.74, 6) is 0.881. The molecule has 0 saturated heterocycles. The quantitative estimate of drug-likeness (QED) is 0.712. The van der Waals surface area contributed by atoms with E-state index in [4.69, 9.17) is 11.6 Å². The fraction of sp³-hybridized carbons (Fsp3) is 0.667. The van der Waals surface area contributed by atoms with Gasteiger partial charge in [-0.3, -0.25) is 0 Å². The summed E-state index contributed by atoms with van der Waals surface area (Å²) < 4.78 is 0. The van der Waals surface area contributed by atoms with Gasteiger partial charge in [-0.05, 0) is 61.6 Å². The highest BCUT2D eigenvalue weighted by Gasteiger charge is 2.31. The van der Waals surface area contributed by atoms with Crippen molar-refractivity contribution in [1.82, 2.24) is 0 Å². The molecule has 1 aliphatic carbocycles. The Bertz CT molecular complexity index is 445. The van der Waals surface area contributed by atoms with E-state index in [0.29, 0.717) is 11.5 Å². The van der Waals surface area contributed by atoms with Crippen LogP contribution in [0.5, 0.6) is 0 Å². The van der Waals surface area contributed by atoms with Gasteiger partial charge in [0.25, 0.3) is 0 Å². The first-order valence-corrected chi connectivity index (χ1v) is 8.33. The number of aryl methyl sites for hydroxylation is 1. The maximum atomic E-state index is 6.10. The van der Waals surface area contributed by atoms with Crippen molar-refractivity contribution in [3.8, 4) is 0 Å². The predicted molar refractivity (Wildman–Crippen MR) is 89.6 cm³/mol. The molecule has 0 heterocycles. The second-order valence-corrected chi connectivity index (χ2v) is 7.43. The van der Waals surface area contributed by atoms with E-state index in [0.717, 1.165) is 10.9 Å². The number of rotatable bonds is 4. The first-order chi connectivity index (χ1) is 9.42. The van der Waals surface area contributed by atoms with Crippen molar-refractivity contribution < 1.29 is 0 Å². The molecule has 20 heavy (non-hydrogen) atoms. The third-order valence-electron chi connectivity index (χ3n) is 5.30. The Morgan fingerprint density at radius 3 is 2.45 bits per heavy atom. The summed E-state index contributed by atoms with van der Waals surface area (Å²) in [6.07, 6.45) is 6.53. The average Bonchev–Trinajstić information content (AvgIpc) is 2.43. The molecule has 1 aromatic carbocycles. The number of halogens is 1. The van der Waals surface area contributed by atoms with Crippen LogP contribution in [0.2, 0.25) is 5.02 Å². The van der Waals surface area contributed by atoms with Crippen LogP contribution in [0.1, 0.15) is 58.4 Å². The third kappa shape index (κ3) is 3.69. The number of hydrogen-bond donors (Lipinski definition) is 1. The molecular formula is C18H28ClN. The van der Waals surface area contributed by atoms with Gasteiger partial charge in [0.2, 0.25) is 0 Å². The lowest BCUT2D eigenvalue weighted by atomic mass is 9.69. The maximum Gasteiger partial charge on any atom is 0.0426 e. The van der Waals surface area contributed by atoms with E-state index in [2.05, 4.69) is 45.1 Å². The SMILES string of the molecule is CCC(C)(C)C1CCC(Nc2cc(Cl)ccc2C)CC1. The van der Waals surface area contributed by atoms with Crippen LogP contribution in [0, 0.1) is 18.3 Å². The molecule has 0 bridgehead atoms. The van der Waals surface area contributed by atoms with Crippen molar-refractivity contribution in [3.63, 3.8) is 0 Å². The number of nitrogens with one attached hydrogen (secondary N) is 1. The summed E-state index contributed by atoms with van der Waals surface area (Å²) in [6, 6.07) is 6.72. The minimum absolute atomic E-state index is 0.497. The number of anilines is 1. The molecule has 0 aromatic heterocycles. The standard InChI is InChI=1S/C18H28ClN/c1-5-18(3,4)14-7-10-16(11-8-14)20-17-12-15(19)9-6-13(17)2/h6,9,12,14,16,20H,5,7-8,10-11H2,1-4H3. The normalized spacial score (nSPS) is 23.6. The van der Waals surface area contributed by atoms with Crippen LogP contribution >= 0.6 is 11.6 Å². The second kappa shape index (κ2) is 6.39. The Labute approximate surface area is 129 Å². The zero-order valence-corrected chi connectivity index (χ0v) is 14.1. The first kappa shape index (κ1) is 15.7. The molecule has 1 aliphatic rings. The molecule has 1 fully saturated rings. The summed E-state index contributed by atoms with van der Waals surface area (Å²) in [6.45, 7) is 9.31. The molecule has 1 aromatic rings. The van der Waals surface area contributed by atoms with Gasteiger partial charge in [0.05, 0.1) is 0 Å². The lowest BCUT2D eigenvalue weighted by Gasteiger charge is -2.39. The molecule has 1 saturated carbocycles. The van der Waals surface area contributed by atoms with E-state index in [1.165, 1.54) is 43.4 Å². The Hall–Kier alpha value is -0.690. The third-order valence-corrected chi connectivity index (χ3v) is 5.54. The lowest BCUT2D eigenvalue weighted by molar-refractivity contribution is 0.147. The smallest absolute Gasteiger partial charge is 0.0426 e. The minimum Gasteiger partial charge on any atom is -0.382 e. The summed E-state index contributed by atoms with van der Waals surface area (Å²) in [7, 11) is 0. The molecular weight excluding hydrogens is 266 g/mol. The molecule has 0 spiro atoms. The van der Waals surface area contributed by atoms with Gasteiger partial charge < -0.3 is 5.32 Å². The number of hydrogen-bond acceptors (Lipinski definition) is 1. The van der Waals surface area contributed by atoms with Gasteiger partial charge in [0, 0.05) is 16.8 Å². The van der Waals surface area contributed by atoms with Gasteiger partial charge in [0.1, 0.15) is 0 Å². The zero-order chi connectivity index (χ0) is 14.8.